The third-order valence-electron chi connectivity index (χ3n) is 2.72. The van der Waals surface area contributed by atoms with Gasteiger partial charge in [0, 0.05) is 16.0 Å². The van der Waals surface area contributed by atoms with E-state index in [1.54, 1.807) is 0 Å². The molecule has 0 spiro atoms. The lowest BCUT2D eigenvalue weighted by atomic mass is 10.1. The third kappa shape index (κ3) is 2.05. The van der Waals surface area contributed by atoms with Crippen LogP contribution in [-0.2, 0) is 9.53 Å². The van der Waals surface area contributed by atoms with Gasteiger partial charge in [0.05, 0.1) is 6.61 Å². The van der Waals surface area contributed by atoms with Crippen LogP contribution in [0, 0.1) is 5.92 Å². The first-order valence-corrected chi connectivity index (χ1v) is 6.11. The second kappa shape index (κ2) is 4.42. The van der Waals surface area contributed by atoms with Crippen molar-refractivity contribution in [2.24, 2.45) is 5.92 Å². The van der Waals surface area contributed by atoms with Gasteiger partial charge in [0.2, 0.25) is 0 Å². The van der Waals surface area contributed by atoms with E-state index in [-0.39, 0.29) is 11.9 Å². The zero-order valence-corrected chi connectivity index (χ0v) is 10.9. The van der Waals surface area contributed by atoms with Crippen LogP contribution in [0.5, 0.6) is 0 Å². The van der Waals surface area contributed by atoms with Gasteiger partial charge in [0.15, 0.2) is 0 Å². The first-order valence-electron chi connectivity index (χ1n) is 5.32. The normalized spacial score (nSPS) is 18.6. The average Bonchev–Trinajstić information content (AvgIpc) is 2.92. The molecular weight excluding hydrogens is 268 g/mol. The molecule has 0 bridgehead atoms. The van der Waals surface area contributed by atoms with Crippen LogP contribution in [0.2, 0.25) is 0 Å². The monoisotopic (exact) mass is 280 g/mol. The van der Waals surface area contributed by atoms with Gasteiger partial charge < -0.3 is 4.74 Å². The van der Waals surface area contributed by atoms with Gasteiger partial charge in [0.25, 0.3) is 0 Å². The average molecular weight is 281 g/mol. The quantitative estimate of drug-likeness (QED) is 0.793. The Labute approximate surface area is 103 Å². The topological polar surface area (TPSA) is 26.3 Å². The Kier molecular flexibility index (Phi) is 3.15. The van der Waals surface area contributed by atoms with Crippen LogP contribution >= 0.6 is 15.9 Å². The van der Waals surface area contributed by atoms with E-state index in [9.17, 15) is 4.79 Å². The van der Waals surface area contributed by atoms with Crippen molar-refractivity contribution in [1.82, 2.24) is 0 Å². The number of carbonyl (C=O) groups is 1. The number of benzene rings is 1. The molecule has 0 amide bonds. The summed E-state index contributed by atoms with van der Waals surface area (Å²) >= 11 is 3.39. The van der Waals surface area contributed by atoms with Gasteiger partial charge in [-0.2, -0.15) is 0 Å². The highest BCUT2D eigenvalue weighted by Crippen LogP contribution is 2.47. The molecule has 1 aromatic rings. The summed E-state index contributed by atoms with van der Waals surface area (Å²) in [4.78, 5) is 11.6. The molecule has 16 heavy (non-hydrogen) atoms. The fourth-order valence-corrected chi connectivity index (χ4v) is 2.13. The lowest BCUT2D eigenvalue weighted by Gasteiger charge is -1.95. The fraction of sp³-hybridized carbons (Fsp3) is 0.308. The Morgan fingerprint density at radius 3 is 2.56 bits per heavy atom. The molecule has 1 aromatic carbocycles. The van der Waals surface area contributed by atoms with Crippen molar-refractivity contribution in [3.05, 3.63) is 39.9 Å². The lowest BCUT2D eigenvalue weighted by Crippen LogP contribution is -2.02. The number of ether oxygens (including phenoxy) is 1. The minimum absolute atomic E-state index is 0.173. The second-order valence-corrected chi connectivity index (χ2v) is 4.69. The Hall–Kier alpha value is -1.09. The van der Waals surface area contributed by atoms with Crippen molar-refractivity contribution < 1.29 is 9.53 Å². The predicted octanol–water partition coefficient (Wildman–Crippen LogP) is 3.42. The van der Waals surface area contributed by atoms with Gasteiger partial charge in [-0.15, -0.1) is 0 Å². The zero-order chi connectivity index (χ0) is 11.7. The number of allylic oxidation sites excluding steroid dienone is 1. The lowest BCUT2D eigenvalue weighted by molar-refractivity contribution is -0.138. The highest BCUT2D eigenvalue weighted by atomic mass is 79.9. The van der Waals surface area contributed by atoms with E-state index in [4.69, 9.17) is 4.74 Å². The highest BCUT2D eigenvalue weighted by Gasteiger charge is 2.39. The maximum absolute atomic E-state index is 11.6. The molecule has 0 fully saturated rings. The molecule has 84 valence electrons. The second-order valence-electron chi connectivity index (χ2n) is 3.78. The van der Waals surface area contributed by atoms with Gasteiger partial charge in [-0.05, 0) is 30.2 Å². The summed E-state index contributed by atoms with van der Waals surface area (Å²) < 4.78 is 6.05. The largest absolute Gasteiger partial charge is 0.463 e. The van der Waals surface area contributed by atoms with E-state index < -0.39 is 0 Å². The number of carbonyl (C=O) groups excluding carboxylic acids is 1. The molecule has 2 rings (SSSR count). The fourth-order valence-electron chi connectivity index (χ4n) is 1.87. The molecular formula is C13H13BrO2. The first-order chi connectivity index (χ1) is 7.65. The smallest absolute Gasteiger partial charge is 0.334 e. The van der Waals surface area contributed by atoms with Crippen molar-refractivity contribution in [3.8, 4) is 0 Å². The third-order valence-corrected chi connectivity index (χ3v) is 3.25. The Morgan fingerprint density at radius 2 is 2.00 bits per heavy atom. The molecule has 2 nitrogen and oxygen atoms in total. The highest BCUT2D eigenvalue weighted by molar-refractivity contribution is 9.10. The molecule has 3 heteroatoms. The Morgan fingerprint density at radius 1 is 1.38 bits per heavy atom. The number of esters is 1. The van der Waals surface area contributed by atoms with Crippen molar-refractivity contribution in [1.29, 1.82) is 0 Å². The van der Waals surface area contributed by atoms with Crippen LogP contribution in [0.25, 0.3) is 5.57 Å². The number of hydrogen-bond donors (Lipinski definition) is 0. The van der Waals surface area contributed by atoms with Crippen LogP contribution in [0.3, 0.4) is 0 Å². The number of rotatable bonds is 3. The molecule has 0 aliphatic heterocycles. The summed E-state index contributed by atoms with van der Waals surface area (Å²) in [5.41, 5.74) is 3.05. The van der Waals surface area contributed by atoms with E-state index in [0.29, 0.717) is 6.61 Å². The number of halogens is 1. The van der Waals surface area contributed by atoms with Gasteiger partial charge in [-0.1, -0.05) is 35.0 Å². The van der Waals surface area contributed by atoms with E-state index in [2.05, 4.69) is 15.9 Å². The molecule has 1 atom stereocenters. The van der Waals surface area contributed by atoms with E-state index >= 15 is 0 Å². The maximum atomic E-state index is 11.6. The van der Waals surface area contributed by atoms with Crippen LogP contribution in [-0.4, -0.2) is 12.6 Å². The SMILES string of the molecule is CCOC(=O)C1=C(c2ccc(Br)cc2)C1C. The minimum atomic E-state index is -0.173. The summed E-state index contributed by atoms with van der Waals surface area (Å²) in [6.45, 7) is 4.29. The van der Waals surface area contributed by atoms with E-state index in [1.165, 1.54) is 0 Å². The van der Waals surface area contributed by atoms with Crippen LogP contribution < -0.4 is 0 Å². The summed E-state index contributed by atoms with van der Waals surface area (Å²) in [5.74, 6) is 0.0631. The molecule has 0 N–H and O–H groups in total. The van der Waals surface area contributed by atoms with Gasteiger partial charge in [0.1, 0.15) is 0 Å². The summed E-state index contributed by atoms with van der Waals surface area (Å²) in [5, 5.41) is 0. The summed E-state index contributed by atoms with van der Waals surface area (Å²) in [7, 11) is 0. The van der Waals surface area contributed by atoms with Gasteiger partial charge in [-0.3, -0.25) is 0 Å². The summed E-state index contributed by atoms with van der Waals surface area (Å²) in [6, 6.07) is 8.00. The predicted molar refractivity (Wildman–Crippen MR) is 66.9 cm³/mol. The van der Waals surface area contributed by atoms with Crippen LogP contribution in [0.1, 0.15) is 19.4 Å². The van der Waals surface area contributed by atoms with Crippen LogP contribution in [0.4, 0.5) is 0 Å². The summed E-state index contributed by atoms with van der Waals surface area (Å²) in [6.07, 6.45) is 0. The molecule has 1 unspecified atom stereocenters. The molecule has 0 saturated carbocycles. The van der Waals surface area contributed by atoms with Crippen LogP contribution in [0.15, 0.2) is 34.3 Å². The molecule has 0 heterocycles. The Balaban J connectivity index is 2.22. The molecule has 0 radical (unpaired) electrons. The maximum Gasteiger partial charge on any atom is 0.334 e. The van der Waals surface area contributed by atoms with E-state index in [0.717, 1.165) is 21.2 Å². The standard InChI is InChI=1S/C13H13BrO2/c1-3-16-13(15)12-8(2)11(12)9-4-6-10(14)7-5-9/h4-8H,3H2,1-2H3. The number of hydrogen-bond acceptors (Lipinski definition) is 2. The van der Waals surface area contributed by atoms with Crippen molar-refractivity contribution in [2.45, 2.75) is 13.8 Å². The van der Waals surface area contributed by atoms with Crippen molar-refractivity contribution >= 4 is 27.5 Å². The minimum Gasteiger partial charge on any atom is -0.463 e. The van der Waals surface area contributed by atoms with Crippen molar-refractivity contribution in [3.63, 3.8) is 0 Å². The Bertz CT molecular complexity index is 446. The van der Waals surface area contributed by atoms with Gasteiger partial charge >= 0.3 is 5.97 Å². The van der Waals surface area contributed by atoms with Gasteiger partial charge in [-0.25, -0.2) is 4.79 Å². The molecule has 1 aliphatic carbocycles. The van der Waals surface area contributed by atoms with Crippen molar-refractivity contribution in [2.75, 3.05) is 6.61 Å². The molecule has 1 aliphatic rings. The first kappa shape index (κ1) is 11.4. The molecule has 0 saturated heterocycles. The molecule has 0 aromatic heterocycles. The zero-order valence-electron chi connectivity index (χ0n) is 9.29. The van der Waals surface area contributed by atoms with E-state index in [1.807, 2.05) is 38.1 Å².